The highest BCUT2D eigenvalue weighted by atomic mass is 79.9. The Balaban J connectivity index is 1.77. The molecule has 5 nitrogen and oxygen atoms in total. The van der Waals surface area contributed by atoms with Gasteiger partial charge >= 0.3 is 0 Å². The molecule has 0 saturated carbocycles. The van der Waals surface area contributed by atoms with Crippen LogP contribution in [0, 0.1) is 0 Å². The first-order chi connectivity index (χ1) is 10.9. The van der Waals surface area contributed by atoms with E-state index < -0.39 is 0 Å². The van der Waals surface area contributed by atoms with Gasteiger partial charge in [0.2, 0.25) is 0 Å². The van der Waals surface area contributed by atoms with Gasteiger partial charge in [-0.15, -0.1) is 0 Å². The van der Waals surface area contributed by atoms with E-state index >= 15 is 0 Å². The lowest BCUT2D eigenvalue weighted by Gasteiger charge is -2.21. The molecule has 0 saturated heterocycles. The van der Waals surface area contributed by atoms with Gasteiger partial charge in [0.15, 0.2) is 4.67 Å². The Morgan fingerprint density at radius 1 is 1.13 bits per heavy atom. The summed E-state index contributed by atoms with van der Waals surface area (Å²) in [5, 5.41) is 0.504. The van der Waals surface area contributed by atoms with Crippen molar-refractivity contribution in [3.8, 4) is 0 Å². The Bertz CT molecular complexity index is 765. The quantitative estimate of drug-likeness (QED) is 0.704. The molecule has 0 aliphatic carbocycles. The van der Waals surface area contributed by atoms with Gasteiger partial charge in [-0.3, -0.25) is 19.4 Å². The van der Waals surface area contributed by atoms with Crippen LogP contribution in [-0.2, 0) is 6.54 Å². The summed E-state index contributed by atoms with van der Waals surface area (Å²) in [5.41, 5.74) is 0.553. The molecule has 1 aromatic carbocycles. The fraction of sp³-hybridized carbons (Fsp3) is 0.200. The third-order valence-corrected chi connectivity index (χ3v) is 4.60. The van der Waals surface area contributed by atoms with Gasteiger partial charge in [0.1, 0.15) is 5.76 Å². The van der Waals surface area contributed by atoms with Crippen molar-refractivity contribution in [3.05, 3.63) is 55.9 Å². The van der Waals surface area contributed by atoms with E-state index in [-0.39, 0.29) is 39.7 Å². The molecule has 2 heterocycles. The third-order valence-electron chi connectivity index (χ3n) is 3.45. The molecule has 8 heteroatoms. The van der Waals surface area contributed by atoms with E-state index in [0.29, 0.717) is 11.2 Å². The van der Waals surface area contributed by atoms with E-state index in [1.165, 1.54) is 12.1 Å². The largest absolute Gasteiger partial charge is 0.453 e. The summed E-state index contributed by atoms with van der Waals surface area (Å²) in [6.45, 7) is 0.598. The Labute approximate surface area is 150 Å². The zero-order valence-electron chi connectivity index (χ0n) is 12.0. The monoisotopic (exact) mass is 416 g/mol. The number of carbonyl (C=O) groups is 2. The van der Waals surface area contributed by atoms with Crippen LogP contribution in [0.4, 0.5) is 0 Å². The number of hydrogen-bond acceptors (Lipinski definition) is 4. The molecule has 23 heavy (non-hydrogen) atoms. The van der Waals surface area contributed by atoms with Crippen LogP contribution in [0.1, 0.15) is 26.5 Å². The Morgan fingerprint density at radius 2 is 1.70 bits per heavy atom. The molecule has 120 valence electrons. The second-order valence-corrected chi connectivity index (χ2v) is 6.81. The summed E-state index contributed by atoms with van der Waals surface area (Å²) in [5.74, 6) is -0.0332. The lowest BCUT2D eigenvalue weighted by Crippen LogP contribution is -2.39. The Hall–Kier alpha value is -1.34. The highest BCUT2D eigenvalue weighted by molar-refractivity contribution is 9.10. The summed E-state index contributed by atoms with van der Waals surface area (Å²) in [4.78, 5) is 27.8. The highest BCUT2D eigenvalue weighted by Gasteiger charge is 2.36. The summed E-state index contributed by atoms with van der Waals surface area (Å²) in [6, 6.07) is 6.48. The van der Waals surface area contributed by atoms with Crippen LogP contribution in [0.15, 0.2) is 33.4 Å². The van der Waals surface area contributed by atoms with Crippen molar-refractivity contribution in [2.75, 3.05) is 13.7 Å². The van der Waals surface area contributed by atoms with Crippen molar-refractivity contribution >= 4 is 50.9 Å². The standard InChI is InChI=1S/C15H11BrCl2N2O3/c1-19(6-8-2-3-13(16)23-8)7-20-14(21)9-4-11(17)12(18)5-10(9)15(20)22/h2-5H,6-7H2,1H3. The van der Waals surface area contributed by atoms with E-state index in [0.717, 1.165) is 10.7 Å². The first-order valence-electron chi connectivity index (χ1n) is 6.65. The van der Waals surface area contributed by atoms with Crippen LogP contribution in [0.2, 0.25) is 10.0 Å². The van der Waals surface area contributed by atoms with Gasteiger partial charge in [0.05, 0.1) is 34.4 Å². The summed E-state index contributed by atoms with van der Waals surface area (Å²) < 4.78 is 6.05. The number of furan rings is 1. The van der Waals surface area contributed by atoms with Crippen molar-refractivity contribution in [1.82, 2.24) is 9.80 Å². The van der Waals surface area contributed by atoms with Crippen LogP contribution in [0.5, 0.6) is 0 Å². The fourth-order valence-electron chi connectivity index (χ4n) is 2.41. The van der Waals surface area contributed by atoms with E-state index in [1.54, 1.807) is 18.0 Å². The highest BCUT2D eigenvalue weighted by Crippen LogP contribution is 2.31. The zero-order chi connectivity index (χ0) is 16.7. The lowest BCUT2D eigenvalue weighted by molar-refractivity contribution is 0.0553. The average molecular weight is 418 g/mol. The molecule has 0 radical (unpaired) electrons. The maximum atomic E-state index is 12.4. The summed E-state index contributed by atoms with van der Waals surface area (Å²) >= 11 is 15.1. The maximum Gasteiger partial charge on any atom is 0.262 e. The first-order valence-corrected chi connectivity index (χ1v) is 8.19. The van der Waals surface area contributed by atoms with Gasteiger partial charge in [0, 0.05) is 0 Å². The molecule has 0 fully saturated rings. The minimum absolute atomic E-state index is 0.139. The van der Waals surface area contributed by atoms with Crippen molar-refractivity contribution in [1.29, 1.82) is 0 Å². The number of nitrogens with zero attached hydrogens (tertiary/aromatic N) is 2. The van der Waals surface area contributed by atoms with Crippen molar-refractivity contribution in [2.24, 2.45) is 0 Å². The Kier molecular flexibility index (Phi) is 4.51. The molecule has 1 aliphatic heterocycles. The van der Waals surface area contributed by atoms with Crippen molar-refractivity contribution in [2.45, 2.75) is 6.54 Å². The van der Waals surface area contributed by atoms with E-state index in [1.807, 2.05) is 6.07 Å². The number of fused-ring (bicyclic) bond motifs is 1. The molecule has 1 aromatic heterocycles. The molecule has 0 atom stereocenters. The van der Waals surface area contributed by atoms with Gasteiger partial charge in [-0.2, -0.15) is 0 Å². The van der Waals surface area contributed by atoms with Gasteiger partial charge in [0.25, 0.3) is 11.8 Å². The lowest BCUT2D eigenvalue weighted by atomic mass is 10.1. The van der Waals surface area contributed by atoms with Gasteiger partial charge < -0.3 is 4.42 Å². The SMILES string of the molecule is CN(Cc1ccc(Br)o1)CN1C(=O)c2cc(Cl)c(Cl)cc2C1=O. The van der Waals surface area contributed by atoms with Crippen LogP contribution < -0.4 is 0 Å². The molecule has 1 aliphatic rings. The normalized spacial score (nSPS) is 14.0. The first kappa shape index (κ1) is 16.5. The Morgan fingerprint density at radius 3 is 2.17 bits per heavy atom. The minimum atomic E-state index is -0.379. The second-order valence-electron chi connectivity index (χ2n) is 5.21. The second kappa shape index (κ2) is 6.28. The predicted octanol–water partition coefficient (Wildman–Crippen LogP) is 4.03. The molecule has 0 spiro atoms. The van der Waals surface area contributed by atoms with Gasteiger partial charge in [-0.1, -0.05) is 23.2 Å². The molecule has 0 bridgehead atoms. The number of rotatable bonds is 4. The molecule has 0 unspecified atom stereocenters. The van der Waals surface area contributed by atoms with Gasteiger partial charge in [-0.25, -0.2) is 0 Å². The van der Waals surface area contributed by atoms with Crippen molar-refractivity contribution < 1.29 is 14.0 Å². The number of imide groups is 1. The van der Waals surface area contributed by atoms with Crippen LogP contribution in [0.25, 0.3) is 0 Å². The molecular weight excluding hydrogens is 407 g/mol. The van der Waals surface area contributed by atoms with Crippen LogP contribution in [0.3, 0.4) is 0 Å². The van der Waals surface area contributed by atoms with E-state index in [9.17, 15) is 9.59 Å². The van der Waals surface area contributed by atoms with E-state index in [2.05, 4.69) is 15.9 Å². The number of benzene rings is 1. The molecule has 3 rings (SSSR count). The van der Waals surface area contributed by atoms with Crippen LogP contribution in [-0.4, -0.2) is 35.3 Å². The molecule has 0 N–H and O–H groups in total. The number of halogens is 3. The summed E-state index contributed by atoms with van der Waals surface area (Å²) in [7, 11) is 1.79. The molecule has 2 amide bonds. The fourth-order valence-corrected chi connectivity index (χ4v) is 3.07. The summed E-state index contributed by atoms with van der Waals surface area (Å²) in [6.07, 6.45) is 0. The third kappa shape index (κ3) is 3.17. The van der Waals surface area contributed by atoms with Crippen LogP contribution >= 0.6 is 39.1 Å². The van der Waals surface area contributed by atoms with E-state index in [4.69, 9.17) is 27.6 Å². The predicted molar refractivity (Wildman–Crippen MR) is 89.7 cm³/mol. The topological polar surface area (TPSA) is 53.8 Å². The van der Waals surface area contributed by atoms with Crippen molar-refractivity contribution in [3.63, 3.8) is 0 Å². The maximum absolute atomic E-state index is 12.4. The number of hydrogen-bond donors (Lipinski definition) is 0. The number of amides is 2. The van der Waals surface area contributed by atoms with Gasteiger partial charge in [-0.05, 0) is 47.2 Å². The smallest absolute Gasteiger partial charge is 0.262 e. The molecular formula is C15H11BrCl2N2O3. The average Bonchev–Trinajstić information content (AvgIpc) is 2.98. The molecule has 2 aromatic rings. The number of carbonyl (C=O) groups excluding carboxylic acids is 2. The zero-order valence-corrected chi connectivity index (χ0v) is 15.1. The minimum Gasteiger partial charge on any atom is -0.453 e.